The number of carbonyl (C=O) groups is 2. The van der Waals surface area contributed by atoms with E-state index in [0.29, 0.717) is 16.6 Å². The van der Waals surface area contributed by atoms with Crippen LogP contribution in [0.3, 0.4) is 0 Å². The van der Waals surface area contributed by atoms with E-state index in [4.69, 9.17) is 5.73 Å². The van der Waals surface area contributed by atoms with Gasteiger partial charge in [0.15, 0.2) is 0 Å². The molecule has 3 unspecified atom stereocenters. The summed E-state index contributed by atoms with van der Waals surface area (Å²) in [4.78, 5) is 34.0. The number of nitrogens with one attached hydrogen (secondary N) is 1. The molecule has 2 aromatic carbocycles. The summed E-state index contributed by atoms with van der Waals surface area (Å²) in [7, 11) is 0. The van der Waals surface area contributed by atoms with Gasteiger partial charge in [0.05, 0.1) is 29.4 Å². The van der Waals surface area contributed by atoms with Gasteiger partial charge in [-0.05, 0) is 61.4 Å². The van der Waals surface area contributed by atoms with Gasteiger partial charge >= 0.3 is 6.36 Å². The zero-order valence-corrected chi connectivity index (χ0v) is 21.8. The predicted octanol–water partition coefficient (Wildman–Crippen LogP) is 4.55. The standard InChI is InChI=1S/C28H29F5N4O4/c29-27(30)11-9-17(10-12-27)19(25(34)39)14-24(38)22(13-16-5-7-18(8-6-16)41-28(31,32)33)37-26(40)23-15-35-20-3-1-2-4-21(20)36-23/h1-8,15,17,19,22,24,38H,9-14H2,(H2,34,39)(H,37,40). The minimum atomic E-state index is -4.87. The Kier molecular flexibility index (Phi) is 9.05. The van der Waals surface area contributed by atoms with Crippen molar-refractivity contribution in [3.8, 4) is 5.75 Å². The van der Waals surface area contributed by atoms with E-state index in [2.05, 4.69) is 20.0 Å². The van der Waals surface area contributed by atoms with Crippen LogP contribution in [0.4, 0.5) is 22.0 Å². The summed E-state index contributed by atoms with van der Waals surface area (Å²) in [5, 5.41) is 13.9. The molecule has 1 aromatic heterocycles. The molecule has 41 heavy (non-hydrogen) atoms. The number of alkyl halides is 5. The number of ether oxygens (including phenoxy) is 1. The molecule has 1 saturated carbocycles. The summed E-state index contributed by atoms with van der Waals surface area (Å²) in [5.41, 5.74) is 7.02. The van der Waals surface area contributed by atoms with Gasteiger partial charge in [-0.15, -0.1) is 13.2 Å². The minimum Gasteiger partial charge on any atom is -0.406 e. The lowest BCUT2D eigenvalue weighted by Crippen LogP contribution is -2.47. The monoisotopic (exact) mass is 580 g/mol. The molecule has 0 bridgehead atoms. The molecule has 0 saturated heterocycles. The van der Waals surface area contributed by atoms with Crippen LogP contribution in [0, 0.1) is 11.8 Å². The van der Waals surface area contributed by atoms with Crippen molar-refractivity contribution in [2.24, 2.45) is 17.6 Å². The molecule has 0 radical (unpaired) electrons. The van der Waals surface area contributed by atoms with E-state index < -0.39 is 66.7 Å². The van der Waals surface area contributed by atoms with Crippen molar-refractivity contribution in [1.82, 2.24) is 15.3 Å². The van der Waals surface area contributed by atoms with Crippen LogP contribution in [0.5, 0.6) is 5.75 Å². The number of carbonyl (C=O) groups excluding carboxylic acids is 2. The highest BCUT2D eigenvalue weighted by atomic mass is 19.4. The maximum atomic E-state index is 13.7. The molecular formula is C28H29F5N4O4. The van der Waals surface area contributed by atoms with E-state index in [1.807, 2.05) is 0 Å². The number of benzene rings is 2. The van der Waals surface area contributed by atoms with Gasteiger partial charge in [-0.3, -0.25) is 14.6 Å². The molecule has 0 spiro atoms. The van der Waals surface area contributed by atoms with Crippen LogP contribution < -0.4 is 15.8 Å². The summed E-state index contributed by atoms with van der Waals surface area (Å²) in [5.74, 6) is -6.10. The first-order valence-corrected chi connectivity index (χ1v) is 13.0. The largest absolute Gasteiger partial charge is 0.573 e. The lowest BCUT2D eigenvalue weighted by atomic mass is 9.75. The third-order valence-corrected chi connectivity index (χ3v) is 7.27. The average molecular weight is 581 g/mol. The Bertz CT molecular complexity index is 1360. The fourth-order valence-corrected chi connectivity index (χ4v) is 5.10. The van der Waals surface area contributed by atoms with Gasteiger partial charge in [-0.25, -0.2) is 13.8 Å². The highest BCUT2D eigenvalue weighted by Gasteiger charge is 2.40. The van der Waals surface area contributed by atoms with E-state index in [9.17, 15) is 36.6 Å². The van der Waals surface area contributed by atoms with Crippen molar-refractivity contribution in [3.05, 3.63) is 66.0 Å². The number of hydrogen-bond donors (Lipinski definition) is 3. The molecule has 3 aromatic rings. The van der Waals surface area contributed by atoms with Gasteiger partial charge in [0.1, 0.15) is 11.4 Å². The summed E-state index contributed by atoms with van der Waals surface area (Å²) >= 11 is 0. The summed E-state index contributed by atoms with van der Waals surface area (Å²) in [6, 6.07) is 10.7. The van der Waals surface area contributed by atoms with Gasteiger partial charge < -0.3 is 20.9 Å². The number of primary amides is 1. The molecule has 4 N–H and O–H groups in total. The first-order chi connectivity index (χ1) is 19.3. The Hall–Kier alpha value is -3.87. The molecule has 3 atom stereocenters. The fraction of sp³-hybridized carbons (Fsp3) is 0.429. The van der Waals surface area contributed by atoms with Crippen molar-refractivity contribution in [2.45, 2.75) is 63.0 Å². The second-order valence-electron chi connectivity index (χ2n) is 10.2. The molecule has 2 amide bonds. The van der Waals surface area contributed by atoms with Gasteiger partial charge in [0.25, 0.3) is 5.91 Å². The van der Waals surface area contributed by atoms with Gasteiger partial charge in [-0.2, -0.15) is 0 Å². The van der Waals surface area contributed by atoms with Crippen molar-refractivity contribution >= 4 is 22.8 Å². The Morgan fingerprint density at radius 3 is 2.32 bits per heavy atom. The van der Waals surface area contributed by atoms with Gasteiger partial charge in [0, 0.05) is 18.8 Å². The number of rotatable bonds is 10. The van der Waals surface area contributed by atoms with E-state index in [-0.39, 0.29) is 31.4 Å². The van der Waals surface area contributed by atoms with E-state index in [1.165, 1.54) is 18.3 Å². The molecule has 4 rings (SSSR count). The van der Waals surface area contributed by atoms with Crippen LogP contribution in [0.25, 0.3) is 11.0 Å². The Morgan fingerprint density at radius 2 is 1.71 bits per heavy atom. The second kappa shape index (κ2) is 12.3. The molecule has 8 nitrogen and oxygen atoms in total. The molecular weight excluding hydrogens is 551 g/mol. The van der Waals surface area contributed by atoms with Crippen molar-refractivity contribution < 1.29 is 41.4 Å². The quantitative estimate of drug-likeness (QED) is 0.302. The summed E-state index contributed by atoms with van der Waals surface area (Å²) < 4.78 is 68.9. The third kappa shape index (κ3) is 8.32. The molecule has 1 aliphatic carbocycles. The van der Waals surface area contributed by atoms with Crippen LogP contribution in [-0.2, 0) is 11.2 Å². The third-order valence-electron chi connectivity index (χ3n) is 7.27. The minimum absolute atomic E-state index is 0.0456. The maximum absolute atomic E-state index is 13.7. The summed E-state index contributed by atoms with van der Waals surface area (Å²) in [6.07, 6.45) is -5.92. The lowest BCUT2D eigenvalue weighted by molar-refractivity contribution is -0.274. The highest BCUT2D eigenvalue weighted by molar-refractivity contribution is 5.94. The van der Waals surface area contributed by atoms with Crippen LogP contribution in [0.2, 0.25) is 0 Å². The number of aliphatic hydroxyl groups excluding tert-OH is 1. The van der Waals surface area contributed by atoms with Crippen molar-refractivity contribution in [2.75, 3.05) is 0 Å². The van der Waals surface area contributed by atoms with E-state index >= 15 is 0 Å². The maximum Gasteiger partial charge on any atom is 0.573 e. The number of para-hydroxylation sites is 2. The van der Waals surface area contributed by atoms with Crippen LogP contribution in [-0.4, -0.2) is 51.3 Å². The normalized spacial score (nSPS) is 17.9. The van der Waals surface area contributed by atoms with E-state index in [1.54, 1.807) is 24.3 Å². The van der Waals surface area contributed by atoms with Gasteiger partial charge in [-0.1, -0.05) is 24.3 Å². The number of halogens is 5. The lowest BCUT2D eigenvalue weighted by Gasteiger charge is -2.34. The van der Waals surface area contributed by atoms with Crippen LogP contribution in [0.15, 0.2) is 54.7 Å². The number of fused-ring (bicyclic) bond motifs is 1. The second-order valence-corrected chi connectivity index (χ2v) is 10.2. The number of hydrogen-bond acceptors (Lipinski definition) is 6. The first-order valence-electron chi connectivity index (χ1n) is 13.0. The highest BCUT2D eigenvalue weighted by Crippen LogP contribution is 2.40. The Balaban J connectivity index is 1.54. The van der Waals surface area contributed by atoms with Crippen LogP contribution in [0.1, 0.15) is 48.2 Å². The average Bonchev–Trinajstić information content (AvgIpc) is 2.91. The number of amides is 2. The first kappa shape index (κ1) is 30.1. The zero-order valence-electron chi connectivity index (χ0n) is 21.8. The van der Waals surface area contributed by atoms with Gasteiger partial charge in [0.2, 0.25) is 11.8 Å². The van der Waals surface area contributed by atoms with Crippen molar-refractivity contribution in [1.29, 1.82) is 0 Å². The molecule has 0 aliphatic heterocycles. The number of nitrogens with zero attached hydrogens (tertiary/aromatic N) is 2. The topological polar surface area (TPSA) is 127 Å². The number of nitrogens with two attached hydrogens (primary N) is 1. The fourth-order valence-electron chi connectivity index (χ4n) is 5.10. The Labute approximate surface area is 232 Å². The number of aliphatic hydroxyl groups is 1. The molecule has 1 heterocycles. The van der Waals surface area contributed by atoms with Crippen molar-refractivity contribution in [3.63, 3.8) is 0 Å². The van der Waals surface area contributed by atoms with E-state index in [0.717, 1.165) is 12.1 Å². The van der Waals surface area contributed by atoms with Crippen LogP contribution >= 0.6 is 0 Å². The zero-order chi connectivity index (χ0) is 29.8. The number of aromatic nitrogens is 2. The predicted molar refractivity (Wildman–Crippen MR) is 138 cm³/mol. The SMILES string of the molecule is NC(=O)C(CC(O)C(Cc1ccc(OC(F)(F)F)cc1)NC(=O)c1cnc2ccccc2n1)C1CCC(F)(F)CC1. The Morgan fingerprint density at radius 1 is 1.07 bits per heavy atom. The molecule has 220 valence electrons. The molecule has 13 heteroatoms. The molecule has 1 aliphatic rings. The smallest absolute Gasteiger partial charge is 0.406 e. The summed E-state index contributed by atoms with van der Waals surface area (Å²) in [6.45, 7) is 0. The molecule has 1 fully saturated rings.